The van der Waals surface area contributed by atoms with Crippen molar-refractivity contribution in [2.24, 2.45) is 0 Å². The Morgan fingerprint density at radius 2 is 1.85 bits per heavy atom. The second-order valence-electron chi connectivity index (χ2n) is 5.46. The van der Waals surface area contributed by atoms with Crippen molar-refractivity contribution in [1.29, 1.82) is 0 Å². The molecular weight excluding hydrogens is 362 g/mol. The number of hydrogen-bond donors (Lipinski definition) is 0. The summed E-state index contributed by atoms with van der Waals surface area (Å²) in [6.45, 7) is 0.277. The van der Waals surface area contributed by atoms with E-state index < -0.39 is 11.6 Å². The lowest BCUT2D eigenvalue weighted by atomic mass is 10.2. The minimum absolute atomic E-state index is 0.0465. The van der Waals surface area contributed by atoms with Crippen LogP contribution in [-0.4, -0.2) is 19.7 Å². The molecule has 0 unspecified atom stereocenters. The van der Waals surface area contributed by atoms with Crippen molar-refractivity contribution < 1.29 is 13.5 Å². The van der Waals surface area contributed by atoms with Gasteiger partial charge in [0.25, 0.3) is 0 Å². The molecule has 0 N–H and O–H groups in total. The van der Waals surface area contributed by atoms with Gasteiger partial charge in [-0.25, -0.2) is 13.5 Å². The number of aromatic nitrogens is 4. The lowest BCUT2D eigenvalue weighted by molar-refractivity contribution is 0.297. The largest absolute Gasteiger partial charge is 0.472 e. The first-order valence-electron chi connectivity index (χ1n) is 7.65. The standard InChI is InChI=1S/C18H11ClF2N4O/c19-18-23-16-13(17(24-18)26-10-11-4-2-1-3-5-11)9-22-25(16)15-7-6-12(20)8-14(15)21/h1-9H,10H2. The minimum Gasteiger partial charge on any atom is -0.472 e. The Hall–Kier alpha value is -3.06. The van der Waals surface area contributed by atoms with Gasteiger partial charge in [0.2, 0.25) is 11.2 Å². The van der Waals surface area contributed by atoms with Gasteiger partial charge in [-0.3, -0.25) is 0 Å². The average molecular weight is 373 g/mol. The molecule has 2 aromatic heterocycles. The van der Waals surface area contributed by atoms with E-state index in [1.807, 2.05) is 30.3 Å². The van der Waals surface area contributed by atoms with Gasteiger partial charge in [-0.15, -0.1) is 0 Å². The number of nitrogens with zero attached hydrogens (tertiary/aromatic N) is 4. The highest BCUT2D eigenvalue weighted by atomic mass is 35.5. The van der Waals surface area contributed by atoms with E-state index in [0.717, 1.165) is 17.7 Å². The van der Waals surface area contributed by atoms with Crippen molar-refractivity contribution in [3.63, 3.8) is 0 Å². The van der Waals surface area contributed by atoms with E-state index in [0.29, 0.717) is 5.39 Å². The van der Waals surface area contributed by atoms with Crippen molar-refractivity contribution in [2.45, 2.75) is 6.61 Å². The maximum absolute atomic E-state index is 14.1. The predicted molar refractivity (Wildman–Crippen MR) is 92.4 cm³/mol. The van der Waals surface area contributed by atoms with Crippen LogP contribution in [0.25, 0.3) is 16.7 Å². The summed E-state index contributed by atoms with van der Waals surface area (Å²) in [5.41, 5.74) is 1.26. The van der Waals surface area contributed by atoms with E-state index in [2.05, 4.69) is 15.1 Å². The summed E-state index contributed by atoms with van der Waals surface area (Å²) in [5.74, 6) is -1.21. The summed E-state index contributed by atoms with van der Waals surface area (Å²) in [6.07, 6.45) is 1.45. The summed E-state index contributed by atoms with van der Waals surface area (Å²) >= 11 is 5.99. The van der Waals surface area contributed by atoms with Gasteiger partial charge in [0.1, 0.15) is 23.5 Å². The fourth-order valence-electron chi connectivity index (χ4n) is 2.52. The third-order valence-electron chi connectivity index (χ3n) is 3.72. The van der Waals surface area contributed by atoms with Gasteiger partial charge in [0.05, 0.1) is 6.20 Å². The summed E-state index contributed by atoms with van der Waals surface area (Å²) in [6, 6.07) is 12.7. The molecule has 8 heteroatoms. The van der Waals surface area contributed by atoms with Crippen LogP contribution in [0.1, 0.15) is 5.56 Å². The highest BCUT2D eigenvalue weighted by molar-refractivity contribution is 6.28. The number of fused-ring (bicyclic) bond motifs is 1. The van der Waals surface area contributed by atoms with Crippen molar-refractivity contribution >= 4 is 22.6 Å². The van der Waals surface area contributed by atoms with E-state index in [1.54, 1.807) is 0 Å². The van der Waals surface area contributed by atoms with Crippen LogP contribution in [0.5, 0.6) is 5.88 Å². The molecule has 0 fully saturated rings. The lowest BCUT2D eigenvalue weighted by Gasteiger charge is -2.08. The number of benzene rings is 2. The number of hydrogen-bond acceptors (Lipinski definition) is 4. The van der Waals surface area contributed by atoms with Crippen LogP contribution in [0, 0.1) is 11.6 Å². The summed E-state index contributed by atoms with van der Waals surface area (Å²) in [7, 11) is 0. The van der Waals surface area contributed by atoms with Gasteiger partial charge in [0, 0.05) is 6.07 Å². The lowest BCUT2D eigenvalue weighted by Crippen LogP contribution is -2.03. The number of halogens is 3. The van der Waals surface area contributed by atoms with Crippen LogP contribution in [-0.2, 0) is 6.61 Å². The third kappa shape index (κ3) is 3.09. The highest BCUT2D eigenvalue weighted by Crippen LogP contribution is 2.27. The molecule has 0 saturated carbocycles. The molecule has 0 saturated heterocycles. The topological polar surface area (TPSA) is 52.8 Å². The second kappa shape index (κ2) is 6.68. The van der Waals surface area contributed by atoms with Crippen molar-refractivity contribution in [1.82, 2.24) is 19.7 Å². The van der Waals surface area contributed by atoms with Crippen LogP contribution in [0.2, 0.25) is 5.28 Å². The Morgan fingerprint density at radius 3 is 2.62 bits per heavy atom. The Kier molecular flexibility index (Phi) is 4.22. The van der Waals surface area contributed by atoms with Gasteiger partial charge in [0.15, 0.2) is 11.5 Å². The summed E-state index contributed by atoms with van der Waals surface area (Å²) < 4.78 is 34.2. The van der Waals surface area contributed by atoms with Gasteiger partial charge in [-0.05, 0) is 29.3 Å². The van der Waals surface area contributed by atoms with E-state index in [-0.39, 0.29) is 29.1 Å². The first-order valence-corrected chi connectivity index (χ1v) is 8.03. The molecule has 0 radical (unpaired) electrons. The zero-order valence-corrected chi connectivity index (χ0v) is 14.0. The average Bonchev–Trinajstić information content (AvgIpc) is 3.04. The summed E-state index contributed by atoms with van der Waals surface area (Å²) in [4.78, 5) is 8.19. The maximum atomic E-state index is 14.1. The maximum Gasteiger partial charge on any atom is 0.229 e. The molecule has 0 aliphatic carbocycles. The zero-order valence-electron chi connectivity index (χ0n) is 13.2. The molecule has 0 spiro atoms. The zero-order chi connectivity index (χ0) is 18.1. The van der Waals surface area contributed by atoms with Crippen LogP contribution < -0.4 is 4.74 Å². The van der Waals surface area contributed by atoms with Gasteiger partial charge in [-0.1, -0.05) is 30.3 Å². The van der Waals surface area contributed by atoms with Gasteiger partial charge in [-0.2, -0.15) is 15.1 Å². The predicted octanol–water partition coefficient (Wildman–Crippen LogP) is 4.33. The van der Waals surface area contributed by atoms with Crippen LogP contribution in [0.3, 0.4) is 0 Å². The van der Waals surface area contributed by atoms with Crippen LogP contribution >= 0.6 is 11.6 Å². The second-order valence-corrected chi connectivity index (χ2v) is 5.80. The molecule has 5 nitrogen and oxygen atoms in total. The molecule has 4 aromatic rings. The van der Waals surface area contributed by atoms with Crippen molar-refractivity contribution in [3.05, 3.63) is 77.2 Å². The quantitative estimate of drug-likeness (QED) is 0.500. The Bertz CT molecular complexity index is 1090. The molecule has 130 valence electrons. The molecule has 2 aromatic carbocycles. The molecule has 0 aliphatic rings. The monoisotopic (exact) mass is 372 g/mol. The van der Waals surface area contributed by atoms with Crippen LogP contribution in [0.4, 0.5) is 8.78 Å². The first-order chi connectivity index (χ1) is 12.6. The van der Waals surface area contributed by atoms with E-state index in [4.69, 9.17) is 16.3 Å². The SMILES string of the molecule is Fc1ccc(-n2ncc3c(OCc4ccccc4)nc(Cl)nc32)c(F)c1. The Labute approximate surface area is 151 Å². The van der Waals surface area contributed by atoms with E-state index in [9.17, 15) is 8.78 Å². The molecule has 2 heterocycles. The molecule has 0 bridgehead atoms. The number of ether oxygens (including phenoxy) is 1. The fourth-order valence-corrected chi connectivity index (χ4v) is 2.68. The molecule has 0 aliphatic heterocycles. The first kappa shape index (κ1) is 16.4. The minimum atomic E-state index is -0.767. The highest BCUT2D eigenvalue weighted by Gasteiger charge is 2.17. The Balaban J connectivity index is 1.75. The van der Waals surface area contributed by atoms with E-state index >= 15 is 0 Å². The Morgan fingerprint density at radius 1 is 1.04 bits per heavy atom. The fraction of sp³-hybridized carbons (Fsp3) is 0.0556. The van der Waals surface area contributed by atoms with Crippen LogP contribution in [0.15, 0.2) is 54.7 Å². The smallest absolute Gasteiger partial charge is 0.229 e. The number of rotatable bonds is 4. The van der Waals surface area contributed by atoms with Gasteiger partial charge >= 0.3 is 0 Å². The summed E-state index contributed by atoms with van der Waals surface area (Å²) in [5, 5.41) is 4.53. The molecule has 26 heavy (non-hydrogen) atoms. The molecule has 0 amide bonds. The van der Waals surface area contributed by atoms with E-state index in [1.165, 1.54) is 16.9 Å². The van der Waals surface area contributed by atoms with Gasteiger partial charge < -0.3 is 4.74 Å². The normalized spacial score (nSPS) is 11.0. The van der Waals surface area contributed by atoms with Crippen molar-refractivity contribution in [3.8, 4) is 11.6 Å². The van der Waals surface area contributed by atoms with Crippen molar-refractivity contribution in [2.75, 3.05) is 0 Å². The third-order valence-corrected chi connectivity index (χ3v) is 3.89. The molecule has 4 rings (SSSR count). The molecular formula is C18H11ClF2N4O. The molecule has 0 atom stereocenters.